The van der Waals surface area contributed by atoms with E-state index in [1.807, 2.05) is 43.3 Å². The fraction of sp³-hybridized carbons (Fsp3) is 0.182. The lowest BCUT2D eigenvalue weighted by Crippen LogP contribution is -2.26. The summed E-state index contributed by atoms with van der Waals surface area (Å²) >= 11 is 0. The predicted molar refractivity (Wildman–Crippen MR) is 106 cm³/mol. The monoisotopic (exact) mass is 366 g/mol. The van der Waals surface area contributed by atoms with Crippen LogP contribution in [0.3, 0.4) is 0 Å². The first-order valence-corrected chi connectivity index (χ1v) is 8.64. The van der Waals surface area contributed by atoms with Crippen molar-refractivity contribution in [2.75, 3.05) is 19.2 Å². The van der Waals surface area contributed by atoms with Crippen molar-refractivity contribution >= 4 is 5.69 Å². The van der Waals surface area contributed by atoms with Crippen molar-refractivity contribution in [1.29, 1.82) is 0 Å². The number of methoxy groups -OCH3 is 1. The molecule has 140 valence electrons. The van der Waals surface area contributed by atoms with E-state index in [-0.39, 0.29) is 12.4 Å². The molecule has 0 saturated heterocycles. The summed E-state index contributed by atoms with van der Waals surface area (Å²) in [4.78, 5) is 0. The fourth-order valence-electron chi connectivity index (χ4n) is 2.99. The van der Waals surface area contributed by atoms with Gasteiger partial charge in [0.25, 0.3) is 0 Å². The molecule has 3 aromatic rings. The van der Waals surface area contributed by atoms with Crippen molar-refractivity contribution in [3.63, 3.8) is 0 Å². The highest BCUT2D eigenvalue weighted by atomic mass is 19.1. The molecule has 0 unspecified atom stereocenters. The van der Waals surface area contributed by atoms with Gasteiger partial charge in [-0.25, -0.2) is 10.2 Å². The average molecular weight is 366 g/mol. The summed E-state index contributed by atoms with van der Waals surface area (Å²) in [6, 6.07) is 18.3. The lowest BCUT2D eigenvalue weighted by Gasteiger charge is -2.19. The molecule has 0 aliphatic heterocycles. The molecule has 0 fully saturated rings. The van der Waals surface area contributed by atoms with Crippen LogP contribution in [0.4, 0.5) is 10.1 Å². The minimum absolute atomic E-state index is 0.198. The molecule has 27 heavy (non-hydrogen) atoms. The van der Waals surface area contributed by atoms with E-state index in [0.29, 0.717) is 11.3 Å². The Kier molecular flexibility index (Phi) is 5.62. The van der Waals surface area contributed by atoms with Crippen molar-refractivity contribution in [3.8, 4) is 22.6 Å². The largest absolute Gasteiger partial charge is 0.497 e. The Balaban J connectivity index is 1.90. The number of hydrogen-bond acceptors (Lipinski definition) is 4. The number of aryl methyl sites for hydroxylation is 1. The first kappa shape index (κ1) is 18.7. The Morgan fingerprint density at radius 2 is 1.78 bits per heavy atom. The van der Waals surface area contributed by atoms with Gasteiger partial charge in [-0.05, 0) is 42.3 Å². The number of hydrazine groups is 1. The Morgan fingerprint density at radius 1 is 1.04 bits per heavy atom. The van der Waals surface area contributed by atoms with E-state index in [1.54, 1.807) is 38.4 Å². The molecule has 3 aromatic carbocycles. The molecule has 2 N–H and O–H groups in total. The molecule has 3 rings (SSSR count). The van der Waals surface area contributed by atoms with E-state index in [4.69, 9.17) is 15.3 Å². The van der Waals surface area contributed by atoms with E-state index in [0.717, 1.165) is 22.4 Å². The first-order chi connectivity index (χ1) is 13.0. The minimum Gasteiger partial charge on any atom is -0.497 e. The van der Waals surface area contributed by atoms with Crippen LogP contribution in [0.5, 0.6) is 11.5 Å². The topological polar surface area (TPSA) is 47.7 Å². The second-order valence-electron chi connectivity index (χ2n) is 6.32. The normalized spacial score (nSPS) is 10.6. The molecule has 4 nitrogen and oxygen atoms in total. The van der Waals surface area contributed by atoms with Crippen LogP contribution >= 0.6 is 0 Å². The summed E-state index contributed by atoms with van der Waals surface area (Å²) in [5, 5.41) is 1.54. The molecule has 0 heterocycles. The molecule has 5 heteroatoms. The van der Waals surface area contributed by atoms with Crippen LogP contribution in [0, 0.1) is 12.7 Å². The molecule has 0 bridgehead atoms. The van der Waals surface area contributed by atoms with Gasteiger partial charge in [-0.2, -0.15) is 0 Å². The zero-order valence-electron chi connectivity index (χ0n) is 15.7. The number of halogens is 1. The third-order valence-electron chi connectivity index (χ3n) is 4.48. The van der Waals surface area contributed by atoms with Gasteiger partial charge in [-0.1, -0.05) is 36.4 Å². The number of nitrogens with two attached hydrogens (primary N) is 1. The van der Waals surface area contributed by atoms with Crippen LogP contribution in [-0.4, -0.2) is 14.2 Å². The SMILES string of the molecule is COc1cccc(-c2cccc(OCc3c(C)cccc3N(C)N)c2F)c1. The Bertz CT molecular complexity index is 941. The average Bonchev–Trinajstić information content (AvgIpc) is 2.67. The molecular weight excluding hydrogens is 343 g/mol. The van der Waals surface area contributed by atoms with Crippen molar-refractivity contribution in [2.24, 2.45) is 5.84 Å². The number of nitrogens with zero attached hydrogens (tertiary/aromatic N) is 1. The molecule has 0 amide bonds. The first-order valence-electron chi connectivity index (χ1n) is 8.64. The lowest BCUT2D eigenvalue weighted by atomic mass is 10.0. The van der Waals surface area contributed by atoms with Crippen molar-refractivity contribution in [1.82, 2.24) is 0 Å². The van der Waals surface area contributed by atoms with E-state index >= 15 is 4.39 Å². The number of ether oxygens (including phenoxy) is 2. The number of rotatable bonds is 6. The van der Waals surface area contributed by atoms with Crippen LogP contribution in [0.2, 0.25) is 0 Å². The maximum absolute atomic E-state index is 15.1. The Labute approximate surface area is 158 Å². The summed E-state index contributed by atoms with van der Waals surface area (Å²) in [7, 11) is 3.35. The van der Waals surface area contributed by atoms with Crippen molar-refractivity contribution < 1.29 is 13.9 Å². The van der Waals surface area contributed by atoms with Gasteiger partial charge in [0.2, 0.25) is 0 Å². The third-order valence-corrected chi connectivity index (χ3v) is 4.48. The van der Waals surface area contributed by atoms with E-state index in [2.05, 4.69) is 0 Å². The van der Waals surface area contributed by atoms with Crippen molar-refractivity contribution in [3.05, 3.63) is 77.6 Å². The fourth-order valence-corrected chi connectivity index (χ4v) is 2.99. The molecule has 0 aromatic heterocycles. The summed E-state index contributed by atoms with van der Waals surface area (Å²) in [5.41, 5.74) is 4.00. The van der Waals surface area contributed by atoms with Gasteiger partial charge in [0.1, 0.15) is 12.4 Å². The summed E-state index contributed by atoms with van der Waals surface area (Å²) in [6.45, 7) is 2.21. The summed E-state index contributed by atoms with van der Waals surface area (Å²) in [6.07, 6.45) is 0. The van der Waals surface area contributed by atoms with Gasteiger partial charge in [-0.3, -0.25) is 0 Å². The van der Waals surface area contributed by atoms with Gasteiger partial charge < -0.3 is 14.5 Å². The molecule has 0 atom stereocenters. The summed E-state index contributed by atoms with van der Waals surface area (Å²) in [5.74, 6) is 6.37. The van der Waals surface area contributed by atoms with E-state index in [1.165, 1.54) is 5.01 Å². The maximum Gasteiger partial charge on any atom is 0.172 e. The highest BCUT2D eigenvalue weighted by molar-refractivity contribution is 5.67. The lowest BCUT2D eigenvalue weighted by molar-refractivity contribution is 0.290. The van der Waals surface area contributed by atoms with Crippen molar-refractivity contribution in [2.45, 2.75) is 13.5 Å². The summed E-state index contributed by atoms with van der Waals surface area (Å²) < 4.78 is 26.1. The second-order valence-corrected chi connectivity index (χ2v) is 6.32. The number of hydrogen-bond donors (Lipinski definition) is 1. The molecule has 0 aliphatic rings. The molecular formula is C22H23FN2O2. The number of anilines is 1. The van der Waals surface area contributed by atoms with Gasteiger partial charge in [-0.15, -0.1) is 0 Å². The van der Waals surface area contributed by atoms with Crippen LogP contribution in [-0.2, 0) is 6.61 Å². The maximum atomic E-state index is 15.1. The third kappa shape index (κ3) is 4.04. The van der Waals surface area contributed by atoms with Crippen LogP contribution in [0.25, 0.3) is 11.1 Å². The zero-order chi connectivity index (χ0) is 19.4. The Morgan fingerprint density at radius 3 is 2.52 bits per heavy atom. The predicted octanol–water partition coefficient (Wildman–Crippen LogP) is 4.70. The van der Waals surface area contributed by atoms with Gasteiger partial charge >= 0.3 is 0 Å². The highest BCUT2D eigenvalue weighted by Gasteiger charge is 2.14. The van der Waals surface area contributed by atoms with Crippen LogP contribution < -0.4 is 20.3 Å². The smallest absolute Gasteiger partial charge is 0.172 e. The standard InChI is InChI=1S/C22H23FN2O2/c1-15-7-4-11-20(25(2)24)19(15)14-27-21-12-6-10-18(22(21)23)16-8-5-9-17(13-16)26-3/h4-13H,14,24H2,1-3H3. The van der Waals surface area contributed by atoms with E-state index in [9.17, 15) is 0 Å². The highest BCUT2D eigenvalue weighted by Crippen LogP contribution is 2.32. The van der Waals surface area contributed by atoms with Gasteiger partial charge in [0.05, 0.1) is 12.8 Å². The van der Waals surface area contributed by atoms with Gasteiger partial charge in [0, 0.05) is 18.2 Å². The van der Waals surface area contributed by atoms with Gasteiger partial charge in [0.15, 0.2) is 11.6 Å². The molecule has 0 spiro atoms. The van der Waals surface area contributed by atoms with E-state index < -0.39 is 5.82 Å². The molecule has 0 saturated carbocycles. The second kappa shape index (κ2) is 8.10. The number of benzene rings is 3. The quantitative estimate of drug-likeness (QED) is 0.507. The molecule has 0 radical (unpaired) electrons. The molecule has 0 aliphatic carbocycles. The Hall–Kier alpha value is -3.05. The van der Waals surface area contributed by atoms with Crippen LogP contribution in [0.15, 0.2) is 60.7 Å². The minimum atomic E-state index is -0.401. The zero-order valence-corrected chi connectivity index (χ0v) is 15.7. The van der Waals surface area contributed by atoms with Crippen LogP contribution in [0.1, 0.15) is 11.1 Å².